The van der Waals surface area contributed by atoms with Gasteiger partial charge in [-0.3, -0.25) is 28.9 Å². The monoisotopic (exact) mass is 624 g/mol. The van der Waals surface area contributed by atoms with E-state index in [1.165, 1.54) is 18.2 Å². The highest BCUT2D eigenvalue weighted by Gasteiger charge is 2.45. The lowest BCUT2D eigenvalue weighted by atomic mass is 9.99. The Morgan fingerprint density at radius 1 is 0.932 bits per heavy atom. The number of benzene rings is 1. The van der Waals surface area contributed by atoms with Gasteiger partial charge in [-0.15, -0.1) is 0 Å². The molecule has 0 aliphatic carbocycles. The van der Waals surface area contributed by atoms with Crippen molar-refractivity contribution in [2.45, 2.75) is 50.2 Å². The molecule has 1 saturated heterocycles. The minimum Gasteiger partial charge on any atom is -0.480 e. The second-order valence-electron chi connectivity index (χ2n) is 9.53. The van der Waals surface area contributed by atoms with Gasteiger partial charge in [0.15, 0.2) is 0 Å². The summed E-state index contributed by atoms with van der Waals surface area (Å²) >= 11 is 0. The van der Waals surface area contributed by atoms with Gasteiger partial charge in [0.05, 0.1) is 12.3 Å². The van der Waals surface area contributed by atoms with Crippen LogP contribution in [0, 0.1) is 0 Å². The zero-order valence-corrected chi connectivity index (χ0v) is 23.1. The van der Waals surface area contributed by atoms with Crippen LogP contribution in [-0.2, 0) is 40.1 Å². The van der Waals surface area contributed by atoms with Gasteiger partial charge in [0.2, 0.25) is 18.1 Å². The van der Waals surface area contributed by atoms with Crippen LogP contribution in [-0.4, -0.2) is 123 Å². The van der Waals surface area contributed by atoms with Crippen molar-refractivity contribution >= 4 is 41.4 Å². The zero-order chi connectivity index (χ0) is 32.4. The fourth-order valence-electron chi connectivity index (χ4n) is 3.99. The minimum atomic E-state index is -1.76. The number of ether oxygens (including phenoxy) is 3. The van der Waals surface area contributed by atoms with Crippen LogP contribution < -0.4 is 20.7 Å². The number of imide groups is 1. The lowest BCUT2D eigenvalue weighted by Crippen LogP contribution is -2.60. The maximum Gasteiger partial charge on any atom is 0.407 e. The molecule has 2 heterocycles. The molecule has 0 radical (unpaired) electrons. The molecular formula is C26H32N4O14. The van der Waals surface area contributed by atoms with E-state index in [4.69, 9.17) is 19.3 Å². The van der Waals surface area contributed by atoms with Crippen LogP contribution in [0.1, 0.15) is 18.4 Å². The molecule has 0 spiro atoms. The van der Waals surface area contributed by atoms with E-state index in [9.17, 15) is 49.2 Å². The molecule has 2 aliphatic rings. The van der Waals surface area contributed by atoms with Gasteiger partial charge in [0.25, 0.3) is 11.8 Å². The maximum absolute atomic E-state index is 12.7. The predicted octanol–water partition coefficient (Wildman–Crippen LogP) is -3.06. The second-order valence-corrected chi connectivity index (χ2v) is 9.53. The number of aliphatic hydroxyl groups is 4. The van der Waals surface area contributed by atoms with E-state index in [1.54, 1.807) is 0 Å². The summed E-state index contributed by atoms with van der Waals surface area (Å²) in [4.78, 5) is 71.2. The van der Waals surface area contributed by atoms with E-state index in [-0.39, 0.29) is 44.0 Å². The average molecular weight is 625 g/mol. The summed E-state index contributed by atoms with van der Waals surface area (Å²) in [5.74, 6) is -3.59. The molecule has 1 aromatic rings. The fraction of sp³-hybridized carbons (Fsp3) is 0.462. The molecule has 1 aromatic carbocycles. The van der Waals surface area contributed by atoms with Crippen molar-refractivity contribution < 1.29 is 68.5 Å². The lowest BCUT2D eigenvalue weighted by molar-refractivity contribution is -0.277. The van der Waals surface area contributed by atoms with E-state index < -0.39 is 79.5 Å². The van der Waals surface area contributed by atoms with Crippen LogP contribution in [0.4, 0.5) is 10.5 Å². The standard InChI is InChI=1S/C26H32N4O14/c31-11-16-22(38)23(39)24(40)25(44-16)43-15-2-1-13(12-42-26(41)28-10-21(36)37)9-14(15)29-18(33)5-7-27-17(32)6-8-30-19(34)3-4-20(30)35/h1-4,9,16,22-25,31,38-40H,5-8,10-12H2,(H,27,32)(H,28,41)(H,29,33)(H,36,37)/t16-,22-,23+,24+,25+/m1/s1. The highest BCUT2D eigenvalue weighted by Crippen LogP contribution is 2.31. The van der Waals surface area contributed by atoms with Crippen LogP contribution in [0.15, 0.2) is 30.4 Å². The first kappa shape index (κ1) is 33.9. The number of alkyl carbamates (subject to hydrolysis) is 1. The predicted molar refractivity (Wildman–Crippen MR) is 143 cm³/mol. The van der Waals surface area contributed by atoms with Gasteiger partial charge in [-0.05, 0) is 17.7 Å². The molecule has 3 rings (SSSR count). The second kappa shape index (κ2) is 15.7. The average Bonchev–Trinajstić information content (AvgIpc) is 3.31. The molecule has 0 unspecified atom stereocenters. The number of aliphatic carboxylic acids is 1. The number of aliphatic hydroxyl groups excluding tert-OH is 4. The van der Waals surface area contributed by atoms with Crippen molar-refractivity contribution in [2.24, 2.45) is 0 Å². The third kappa shape index (κ3) is 9.44. The van der Waals surface area contributed by atoms with Crippen molar-refractivity contribution in [3.05, 3.63) is 35.9 Å². The third-order valence-corrected chi connectivity index (χ3v) is 6.30. The van der Waals surface area contributed by atoms with Crippen LogP contribution >= 0.6 is 0 Å². The Bertz CT molecular complexity index is 1270. The van der Waals surface area contributed by atoms with Gasteiger partial charge in [-0.2, -0.15) is 0 Å². The summed E-state index contributed by atoms with van der Waals surface area (Å²) in [6.07, 6.45) is -7.24. The molecule has 18 heteroatoms. The van der Waals surface area contributed by atoms with Crippen LogP contribution in [0.3, 0.4) is 0 Å². The van der Waals surface area contributed by atoms with Gasteiger partial charge in [-0.1, -0.05) is 6.07 Å². The molecule has 44 heavy (non-hydrogen) atoms. The Morgan fingerprint density at radius 2 is 1.64 bits per heavy atom. The molecule has 2 aliphatic heterocycles. The summed E-state index contributed by atoms with van der Waals surface area (Å²) < 4.78 is 15.9. The van der Waals surface area contributed by atoms with E-state index in [2.05, 4.69) is 10.6 Å². The topological polar surface area (TPSA) is 271 Å². The number of carbonyl (C=O) groups excluding carboxylic acids is 5. The third-order valence-electron chi connectivity index (χ3n) is 6.30. The van der Waals surface area contributed by atoms with Crippen LogP contribution in [0.5, 0.6) is 5.75 Å². The quantitative estimate of drug-likeness (QED) is 0.0955. The molecule has 5 atom stereocenters. The van der Waals surface area contributed by atoms with Crippen LogP contribution in [0.2, 0.25) is 0 Å². The SMILES string of the molecule is O=C(O)CNC(=O)OCc1ccc(O[C@H]2O[C@H](CO)[C@@H](O)[C@H](O)[C@@H]2O)c(NC(=O)CCNC(=O)CCN2C(=O)C=CC2=O)c1. The summed E-state index contributed by atoms with van der Waals surface area (Å²) in [6.45, 7) is -2.00. The van der Waals surface area contributed by atoms with E-state index >= 15 is 0 Å². The van der Waals surface area contributed by atoms with Crippen molar-refractivity contribution in [2.75, 3.05) is 31.6 Å². The molecule has 0 bridgehead atoms. The number of hydrogen-bond donors (Lipinski definition) is 8. The Balaban J connectivity index is 1.63. The normalized spacial score (nSPS) is 22.8. The number of carbonyl (C=O) groups is 6. The number of rotatable bonds is 14. The van der Waals surface area contributed by atoms with Gasteiger partial charge in [-0.25, -0.2) is 4.79 Å². The number of carboxylic acid groups (broad SMARTS) is 1. The number of nitrogens with one attached hydrogen (secondary N) is 3. The van der Waals surface area contributed by atoms with Gasteiger partial charge >= 0.3 is 12.1 Å². The number of amides is 5. The first-order valence-electron chi connectivity index (χ1n) is 13.2. The molecule has 0 saturated carbocycles. The summed E-state index contributed by atoms with van der Waals surface area (Å²) in [6, 6.07) is 4.05. The lowest BCUT2D eigenvalue weighted by Gasteiger charge is -2.39. The van der Waals surface area contributed by atoms with E-state index in [1.807, 2.05) is 5.32 Å². The minimum absolute atomic E-state index is 0.0242. The molecule has 8 N–H and O–H groups in total. The van der Waals surface area contributed by atoms with E-state index in [0.29, 0.717) is 5.56 Å². The summed E-state index contributed by atoms with van der Waals surface area (Å²) in [5.41, 5.74) is 0.282. The number of carboxylic acids is 1. The van der Waals surface area contributed by atoms with Gasteiger partial charge < -0.3 is 55.7 Å². The number of hydrogen-bond acceptors (Lipinski definition) is 13. The smallest absolute Gasteiger partial charge is 0.407 e. The largest absolute Gasteiger partial charge is 0.480 e. The Hall–Kier alpha value is -4.62. The number of anilines is 1. The molecule has 1 fully saturated rings. The molecule has 18 nitrogen and oxygen atoms in total. The first-order valence-corrected chi connectivity index (χ1v) is 13.2. The first-order chi connectivity index (χ1) is 20.9. The van der Waals surface area contributed by atoms with Crippen molar-refractivity contribution in [1.82, 2.24) is 15.5 Å². The van der Waals surface area contributed by atoms with Crippen molar-refractivity contribution in [3.63, 3.8) is 0 Å². The zero-order valence-electron chi connectivity index (χ0n) is 23.1. The number of nitrogens with zero attached hydrogens (tertiary/aromatic N) is 1. The maximum atomic E-state index is 12.7. The summed E-state index contributed by atoms with van der Waals surface area (Å²) in [7, 11) is 0. The Labute approximate surface area is 249 Å². The highest BCUT2D eigenvalue weighted by molar-refractivity contribution is 6.13. The van der Waals surface area contributed by atoms with Gasteiger partial charge in [0.1, 0.15) is 43.3 Å². The van der Waals surface area contributed by atoms with Crippen LogP contribution in [0.25, 0.3) is 0 Å². The Kier molecular flexibility index (Phi) is 12.1. The summed E-state index contributed by atoms with van der Waals surface area (Å²) in [5, 5.41) is 55.5. The van der Waals surface area contributed by atoms with Crippen molar-refractivity contribution in [3.8, 4) is 5.75 Å². The van der Waals surface area contributed by atoms with Gasteiger partial charge in [0, 0.05) is 38.1 Å². The van der Waals surface area contributed by atoms with Crippen molar-refractivity contribution in [1.29, 1.82) is 0 Å². The molecule has 240 valence electrons. The molecule has 5 amide bonds. The highest BCUT2D eigenvalue weighted by atomic mass is 16.7. The fourth-order valence-corrected chi connectivity index (χ4v) is 3.99. The molecular weight excluding hydrogens is 592 g/mol. The Morgan fingerprint density at radius 3 is 2.30 bits per heavy atom. The van der Waals surface area contributed by atoms with E-state index in [0.717, 1.165) is 17.1 Å². The molecule has 0 aromatic heterocycles.